The van der Waals surface area contributed by atoms with E-state index in [9.17, 15) is 14.0 Å². The minimum Gasteiger partial charge on any atom is -0.339 e. The average molecular weight is 332 g/mol. The summed E-state index contributed by atoms with van der Waals surface area (Å²) in [5, 5.41) is 0.186. The van der Waals surface area contributed by atoms with Crippen LogP contribution >= 0.6 is 0 Å². The molecule has 0 N–H and O–H groups in total. The van der Waals surface area contributed by atoms with Gasteiger partial charge in [0.25, 0.3) is 5.56 Å². The van der Waals surface area contributed by atoms with Gasteiger partial charge in [0.05, 0.1) is 17.2 Å². The van der Waals surface area contributed by atoms with Gasteiger partial charge in [0.15, 0.2) is 0 Å². The Kier molecular flexibility index (Phi) is 4.36. The number of aromatic nitrogens is 2. The van der Waals surface area contributed by atoms with Gasteiger partial charge < -0.3 is 9.80 Å². The number of fused-ring (bicyclic) bond motifs is 1. The summed E-state index contributed by atoms with van der Waals surface area (Å²) in [6.45, 7) is 3.36. The molecule has 1 fully saturated rings. The van der Waals surface area contributed by atoms with Gasteiger partial charge in [-0.3, -0.25) is 14.2 Å². The first kappa shape index (κ1) is 16.6. The van der Waals surface area contributed by atoms with Gasteiger partial charge in [0.2, 0.25) is 5.91 Å². The SMILES string of the molecule is C[C@@H]1CN(C(=O)Cn2cnc3ccc(F)cc3c2=O)C[C@@H]1N(C)C. The Morgan fingerprint density at radius 3 is 2.79 bits per heavy atom. The quantitative estimate of drug-likeness (QED) is 0.839. The molecular formula is C17H21FN4O2. The van der Waals surface area contributed by atoms with Gasteiger partial charge in [0.1, 0.15) is 12.4 Å². The van der Waals surface area contributed by atoms with Crippen LogP contribution in [0.3, 0.4) is 0 Å². The maximum absolute atomic E-state index is 13.4. The Hall–Kier alpha value is -2.28. The van der Waals surface area contributed by atoms with Crippen LogP contribution in [-0.4, -0.2) is 58.5 Å². The van der Waals surface area contributed by atoms with Crippen molar-refractivity contribution >= 4 is 16.8 Å². The van der Waals surface area contributed by atoms with Crippen LogP contribution in [0.4, 0.5) is 4.39 Å². The number of carbonyl (C=O) groups is 1. The Bertz CT molecular complexity index is 833. The van der Waals surface area contributed by atoms with E-state index in [1.54, 1.807) is 4.90 Å². The second-order valence-electron chi connectivity index (χ2n) is 6.65. The van der Waals surface area contributed by atoms with Crippen molar-refractivity contribution < 1.29 is 9.18 Å². The molecule has 1 aromatic heterocycles. The molecule has 3 rings (SSSR count). The Balaban J connectivity index is 1.81. The van der Waals surface area contributed by atoms with Gasteiger partial charge in [0, 0.05) is 19.1 Å². The zero-order valence-corrected chi connectivity index (χ0v) is 14.1. The van der Waals surface area contributed by atoms with Gasteiger partial charge in [-0.1, -0.05) is 6.92 Å². The third kappa shape index (κ3) is 3.03. The molecule has 0 saturated carbocycles. The van der Waals surface area contributed by atoms with Gasteiger partial charge in [-0.2, -0.15) is 0 Å². The molecule has 0 aliphatic carbocycles. The summed E-state index contributed by atoms with van der Waals surface area (Å²) >= 11 is 0. The Morgan fingerprint density at radius 2 is 2.12 bits per heavy atom. The van der Waals surface area contributed by atoms with Crippen LogP contribution in [0.25, 0.3) is 10.9 Å². The predicted octanol–water partition coefficient (Wildman–Crippen LogP) is 0.944. The van der Waals surface area contributed by atoms with E-state index < -0.39 is 11.4 Å². The van der Waals surface area contributed by atoms with Crippen LogP contribution in [0, 0.1) is 11.7 Å². The maximum atomic E-state index is 13.4. The van der Waals surface area contributed by atoms with Gasteiger partial charge in [-0.05, 0) is 38.2 Å². The van der Waals surface area contributed by atoms with Crippen LogP contribution < -0.4 is 5.56 Å². The fourth-order valence-electron chi connectivity index (χ4n) is 3.32. The third-order valence-electron chi connectivity index (χ3n) is 4.68. The number of carbonyl (C=O) groups excluding carboxylic acids is 1. The van der Waals surface area contributed by atoms with Crippen molar-refractivity contribution in [2.75, 3.05) is 27.2 Å². The van der Waals surface area contributed by atoms with E-state index in [1.807, 2.05) is 14.1 Å². The lowest BCUT2D eigenvalue weighted by Crippen LogP contribution is -2.38. The molecule has 0 radical (unpaired) electrons. The molecule has 1 aliphatic rings. The van der Waals surface area contributed by atoms with E-state index in [4.69, 9.17) is 0 Å². The molecule has 1 aliphatic heterocycles. The van der Waals surface area contributed by atoms with E-state index in [0.717, 1.165) is 6.07 Å². The van der Waals surface area contributed by atoms with Gasteiger partial charge in [-0.25, -0.2) is 9.37 Å². The molecule has 1 saturated heterocycles. The zero-order valence-electron chi connectivity index (χ0n) is 14.1. The molecule has 1 aromatic carbocycles. The van der Waals surface area contributed by atoms with E-state index in [2.05, 4.69) is 16.8 Å². The fraction of sp³-hybridized carbons (Fsp3) is 0.471. The largest absolute Gasteiger partial charge is 0.339 e. The maximum Gasteiger partial charge on any atom is 0.261 e. The smallest absolute Gasteiger partial charge is 0.261 e. The fourth-order valence-corrected chi connectivity index (χ4v) is 3.32. The number of likely N-dealkylation sites (tertiary alicyclic amines) is 1. The van der Waals surface area contributed by atoms with Crippen molar-refractivity contribution in [3.05, 3.63) is 40.7 Å². The van der Waals surface area contributed by atoms with Gasteiger partial charge in [-0.15, -0.1) is 0 Å². The zero-order chi connectivity index (χ0) is 17.4. The van der Waals surface area contributed by atoms with Crippen LogP contribution in [0.15, 0.2) is 29.3 Å². The monoisotopic (exact) mass is 332 g/mol. The molecule has 0 bridgehead atoms. The van der Waals surface area contributed by atoms with E-state index >= 15 is 0 Å². The van der Waals surface area contributed by atoms with Crippen molar-refractivity contribution in [3.63, 3.8) is 0 Å². The highest BCUT2D eigenvalue weighted by Crippen LogP contribution is 2.20. The number of nitrogens with zero attached hydrogens (tertiary/aromatic N) is 4. The van der Waals surface area contributed by atoms with Crippen molar-refractivity contribution in [1.82, 2.24) is 19.4 Å². The van der Waals surface area contributed by atoms with E-state index in [0.29, 0.717) is 30.6 Å². The molecule has 2 heterocycles. The predicted molar refractivity (Wildman–Crippen MR) is 89.2 cm³/mol. The molecular weight excluding hydrogens is 311 g/mol. The first-order chi connectivity index (χ1) is 11.4. The van der Waals surface area contributed by atoms with Gasteiger partial charge >= 0.3 is 0 Å². The minimum absolute atomic E-state index is 0.0782. The average Bonchev–Trinajstić information content (AvgIpc) is 2.93. The molecule has 24 heavy (non-hydrogen) atoms. The lowest BCUT2D eigenvalue weighted by Gasteiger charge is -2.22. The van der Waals surface area contributed by atoms with Crippen molar-refractivity contribution in [3.8, 4) is 0 Å². The summed E-state index contributed by atoms with van der Waals surface area (Å²) < 4.78 is 14.6. The number of hydrogen-bond acceptors (Lipinski definition) is 4. The van der Waals surface area contributed by atoms with Crippen molar-refractivity contribution in [1.29, 1.82) is 0 Å². The molecule has 7 heteroatoms. The highest BCUT2D eigenvalue weighted by Gasteiger charge is 2.33. The van der Waals surface area contributed by atoms with Crippen molar-refractivity contribution in [2.24, 2.45) is 5.92 Å². The third-order valence-corrected chi connectivity index (χ3v) is 4.68. The highest BCUT2D eigenvalue weighted by molar-refractivity contribution is 5.79. The van der Waals surface area contributed by atoms with Crippen LogP contribution in [0.1, 0.15) is 6.92 Å². The summed E-state index contributed by atoms with van der Waals surface area (Å²) in [6.07, 6.45) is 1.35. The summed E-state index contributed by atoms with van der Waals surface area (Å²) in [6, 6.07) is 4.19. The second kappa shape index (κ2) is 6.32. The number of benzene rings is 1. The lowest BCUT2D eigenvalue weighted by atomic mass is 10.1. The summed E-state index contributed by atoms with van der Waals surface area (Å²) in [4.78, 5) is 33.0. The minimum atomic E-state index is -0.493. The Labute approximate surface area is 139 Å². The summed E-state index contributed by atoms with van der Waals surface area (Å²) in [7, 11) is 4.00. The molecule has 2 aromatic rings. The van der Waals surface area contributed by atoms with Crippen molar-refractivity contribution in [2.45, 2.75) is 19.5 Å². The van der Waals surface area contributed by atoms with E-state index in [-0.39, 0.29) is 17.8 Å². The first-order valence-corrected chi connectivity index (χ1v) is 7.95. The molecule has 0 unspecified atom stereocenters. The number of likely N-dealkylation sites (N-methyl/N-ethyl adjacent to an activating group) is 1. The number of amides is 1. The van der Waals surface area contributed by atoms with Crippen LogP contribution in [-0.2, 0) is 11.3 Å². The molecule has 128 valence electrons. The first-order valence-electron chi connectivity index (χ1n) is 7.95. The van der Waals surface area contributed by atoms with Crippen LogP contribution in [0.2, 0.25) is 0 Å². The number of rotatable bonds is 3. The molecule has 1 amide bonds. The highest BCUT2D eigenvalue weighted by atomic mass is 19.1. The lowest BCUT2D eigenvalue weighted by molar-refractivity contribution is -0.131. The second-order valence-corrected chi connectivity index (χ2v) is 6.65. The number of hydrogen-bond donors (Lipinski definition) is 0. The number of halogens is 1. The summed E-state index contributed by atoms with van der Waals surface area (Å²) in [5.41, 5.74) is 0.0248. The normalized spacial score (nSPS) is 21.0. The standard InChI is InChI=1S/C17H21FN4O2/c1-11-7-21(8-15(11)20(2)3)16(23)9-22-10-19-14-5-4-12(18)6-13(14)17(22)24/h4-6,10-11,15H,7-9H2,1-3H3/t11-,15+/m1/s1. The van der Waals surface area contributed by atoms with E-state index in [1.165, 1.54) is 23.0 Å². The summed E-state index contributed by atoms with van der Waals surface area (Å²) in [5.74, 6) is -0.233. The van der Waals surface area contributed by atoms with Crippen LogP contribution in [0.5, 0.6) is 0 Å². The Morgan fingerprint density at radius 1 is 1.38 bits per heavy atom. The topological polar surface area (TPSA) is 58.4 Å². The molecule has 0 spiro atoms. The molecule has 6 nitrogen and oxygen atoms in total. The molecule has 2 atom stereocenters.